The van der Waals surface area contributed by atoms with E-state index in [0.29, 0.717) is 24.1 Å². The van der Waals surface area contributed by atoms with E-state index in [1.165, 1.54) is 4.68 Å². The SMILES string of the molecule is CCOc1ccc(NC(=O)C2CC(=O)Nc3nc(C)nn32)cc1. The van der Waals surface area contributed by atoms with Crippen LogP contribution in [-0.2, 0) is 9.59 Å². The number of hydrogen-bond donors (Lipinski definition) is 2. The van der Waals surface area contributed by atoms with Crippen molar-refractivity contribution in [3.8, 4) is 5.75 Å². The molecule has 2 aromatic rings. The predicted molar refractivity (Wildman–Crippen MR) is 83.3 cm³/mol. The summed E-state index contributed by atoms with van der Waals surface area (Å²) in [6.45, 7) is 4.19. The van der Waals surface area contributed by atoms with Gasteiger partial charge in [0.2, 0.25) is 17.8 Å². The van der Waals surface area contributed by atoms with Gasteiger partial charge in [0, 0.05) is 5.69 Å². The van der Waals surface area contributed by atoms with Crippen LogP contribution in [0.15, 0.2) is 24.3 Å². The molecule has 0 saturated carbocycles. The van der Waals surface area contributed by atoms with Crippen molar-refractivity contribution in [1.29, 1.82) is 0 Å². The van der Waals surface area contributed by atoms with Crippen LogP contribution in [0.3, 0.4) is 0 Å². The molecule has 120 valence electrons. The fraction of sp³-hybridized carbons (Fsp3) is 0.333. The number of ether oxygens (including phenoxy) is 1. The van der Waals surface area contributed by atoms with Crippen LogP contribution in [0.5, 0.6) is 5.75 Å². The lowest BCUT2D eigenvalue weighted by Gasteiger charge is -2.22. The zero-order valence-corrected chi connectivity index (χ0v) is 12.9. The van der Waals surface area contributed by atoms with E-state index in [1.54, 1.807) is 31.2 Å². The average molecular weight is 315 g/mol. The van der Waals surface area contributed by atoms with Crippen molar-refractivity contribution in [2.45, 2.75) is 26.3 Å². The van der Waals surface area contributed by atoms with Crippen LogP contribution in [-0.4, -0.2) is 33.2 Å². The first kappa shape index (κ1) is 15.0. The molecule has 0 radical (unpaired) electrons. The Balaban J connectivity index is 1.76. The highest BCUT2D eigenvalue weighted by atomic mass is 16.5. The number of rotatable bonds is 4. The first-order chi connectivity index (χ1) is 11.1. The Bertz CT molecular complexity index is 738. The number of nitrogens with zero attached hydrogens (tertiary/aromatic N) is 3. The van der Waals surface area contributed by atoms with Crippen molar-refractivity contribution in [3.05, 3.63) is 30.1 Å². The van der Waals surface area contributed by atoms with E-state index in [4.69, 9.17) is 4.74 Å². The van der Waals surface area contributed by atoms with Gasteiger partial charge in [-0.15, -0.1) is 0 Å². The summed E-state index contributed by atoms with van der Waals surface area (Å²) < 4.78 is 6.80. The molecule has 0 spiro atoms. The maximum Gasteiger partial charge on any atom is 0.249 e. The summed E-state index contributed by atoms with van der Waals surface area (Å²) in [7, 11) is 0. The Labute approximate surface area is 132 Å². The third-order valence-corrected chi connectivity index (χ3v) is 3.40. The Morgan fingerprint density at radius 3 is 2.87 bits per heavy atom. The molecule has 0 fully saturated rings. The molecule has 1 aromatic carbocycles. The number of aromatic nitrogens is 3. The van der Waals surface area contributed by atoms with E-state index in [2.05, 4.69) is 20.7 Å². The molecular formula is C15H17N5O3. The number of benzene rings is 1. The summed E-state index contributed by atoms with van der Waals surface area (Å²) in [5.74, 6) is 0.968. The summed E-state index contributed by atoms with van der Waals surface area (Å²) >= 11 is 0. The number of fused-ring (bicyclic) bond motifs is 1. The molecule has 0 saturated heterocycles. The predicted octanol–water partition coefficient (Wildman–Crippen LogP) is 1.51. The monoisotopic (exact) mass is 315 g/mol. The van der Waals surface area contributed by atoms with Gasteiger partial charge in [-0.25, -0.2) is 4.68 Å². The van der Waals surface area contributed by atoms with Crippen LogP contribution in [0.2, 0.25) is 0 Å². The van der Waals surface area contributed by atoms with E-state index in [9.17, 15) is 9.59 Å². The number of amides is 2. The average Bonchev–Trinajstić information content (AvgIpc) is 2.88. The van der Waals surface area contributed by atoms with Crippen molar-refractivity contribution in [3.63, 3.8) is 0 Å². The van der Waals surface area contributed by atoms with E-state index >= 15 is 0 Å². The highest BCUT2D eigenvalue weighted by Crippen LogP contribution is 2.24. The minimum atomic E-state index is -0.716. The number of carbonyl (C=O) groups is 2. The third kappa shape index (κ3) is 3.15. The minimum absolute atomic E-state index is 0.0265. The van der Waals surface area contributed by atoms with Gasteiger partial charge in [-0.3, -0.25) is 14.9 Å². The van der Waals surface area contributed by atoms with E-state index < -0.39 is 6.04 Å². The lowest BCUT2D eigenvalue weighted by atomic mass is 10.1. The van der Waals surface area contributed by atoms with Crippen molar-refractivity contribution < 1.29 is 14.3 Å². The van der Waals surface area contributed by atoms with Crippen LogP contribution in [0.25, 0.3) is 0 Å². The van der Waals surface area contributed by atoms with Gasteiger partial charge in [0.05, 0.1) is 13.0 Å². The van der Waals surface area contributed by atoms with Crippen LogP contribution in [0.4, 0.5) is 11.6 Å². The second kappa shape index (κ2) is 6.07. The van der Waals surface area contributed by atoms with Crippen molar-refractivity contribution >= 4 is 23.5 Å². The minimum Gasteiger partial charge on any atom is -0.494 e. The smallest absolute Gasteiger partial charge is 0.249 e. The topological polar surface area (TPSA) is 98.1 Å². The normalized spacial score (nSPS) is 16.4. The molecule has 0 bridgehead atoms. The Kier molecular flexibility index (Phi) is 3.96. The molecule has 2 N–H and O–H groups in total. The van der Waals surface area contributed by atoms with Gasteiger partial charge in [-0.1, -0.05) is 0 Å². The van der Waals surface area contributed by atoms with Crippen LogP contribution in [0, 0.1) is 6.92 Å². The van der Waals surface area contributed by atoms with Gasteiger partial charge in [-0.2, -0.15) is 10.1 Å². The number of nitrogens with one attached hydrogen (secondary N) is 2. The quantitative estimate of drug-likeness (QED) is 0.891. The second-order valence-electron chi connectivity index (χ2n) is 5.14. The van der Waals surface area contributed by atoms with E-state index in [0.717, 1.165) is 5.75 Å². The molecule has 8 heteroatoms. The molecule has 23 heavy (non-hydrogen) atoms. The number of aryl methyl sites for hydroxylation is 1. The van der Waals surface area contributed by atoms with E-state index in [-0.39, 0.29) is 18.2 Å². The first-order valence-corrected chi connectivity index (χ1v) is 7.33. The molecular weight excluding hydrogens is 298 g/mol. The first-order valence-electron chi connectivity index (χ1n) is 7.33. The molecule has 2 heterocycles. The third-order valence-electron chi connectivity index (χ3n) is 3.40. The lowest BCUT2D eigenvalue weighted by Crippen LogP contribution is -2.36. The van der Waals surface area contributed by atoms with Gasteiger partial charge < -0.3 is 10.1 Å². The van der Waals surface area contributed by atoms with Crippen molar-refractivity contribution in [2.75, 3.05) is 17.2 Å². The molecule has 1 aromatic heterocycles. The Morgan fingerprint density at radius 1 is 1.43 bits per heavy atom. The maximum atomic E-state index is 12.5. The van der Waals surface area contributed by atoms with Crippen LogP contribution < -0.4 is 15.4 Å². The summed E-state index contributed by atoms with van der Waals surface area (Å²) in [6.07, 6.45) is 0.0265. The van der Waals surface area contributed by atoms with Gasteiger partial charge in [0.25, 0.3) is 0 Å². The van der Waals surface area contributed by atoms with Crippen molar-refractivity contribution in [1.82, 2.24) is 14.8 Å². The fourth-order valence-corrected chi connectivity index (χ4v) is 2.40. The zero-order chi connectivity index (χ0) is 16.4. The highest BCUT2D eigenvalue weighted by molar-refractivity contribution is 6.00. The zero-order valence-electron chi connectivity index (χ0n) is 12.9. The van der Waals surface area contributed by atoms with Gasteiger partial charge in [0.1, 0.15) is 17.6 Å². The van der Waals surface area contributed by atoms with Crippen LogP contribution in [0.1, 0.15) is 25.2 Å². The Hall–Kier alpha value is -2.90. The summed E-state index contributed by atoms with van der Waals surface area (Å²) in [5.41, 5.74) is 0.628. The molecule has 1 aliphatic rings. The fourth-order valence-electron chi connectivity index (χ4n) is 2.40. The summed E-state index contributed by atoms with van der Waals surface area (Å²) in [6, 6.07) is 6.33. The Morgan fingerprint density at radius 2 is 2.17 bits per heavy atom. The lowest BCUT2D eigenvalue weighted by molar-refractivity contribution is -0.125. The molecule has 0 aliphatic carbocycles. The largest absolute Gasteiger partial charge is 0.494 e. The molecule has 2 amide bonds. The molecule has 1 unspecified atom stereocenters. The second-order valence-corrected chi connectivity index (χ2v) is 5.14. The summed E-state index contributed by atoms with van der Waals surface area (Å²) in [5, 5.41) is 9.57. The number of hydrogen-bond acceptors (Lipinski definition) is 5. The van der Waals surface area contributed by atoms with E-state index in [1.807, 2.05) is 6.92 Å². The molecule has 1 atom stereocenters. The number of anilines is 2. The highest BCUT2D eigenvalue weighted by Gasteiger charge is 2.32. The van der Waals surface area contributed by atoms with Crippen LogP contribution >= 0.6 is 0 Å². The molecule has 1 aliphatic heterocycles. The van der Waals surface area contributed by atoms with Crippen molar-refractivity contribution in [2.24, 2.45) is 0 Å². The number of carbonyl (C=O) groups excluding carboxylic acids is 2. The molecule has 8 nitrogen and oxygen atoms in total. The van der Waals surface area contributed by atoms with Gasteiger partial charge in [0.15, 0.2) is 0 Å². The summed E-state index contributed by atoms with van der Waals surface area (Å²) in [4.78, 5) is 28.3. The standard InChI is InChI=1S/C15H17N5O3/c1-3-23-11-6-4-10(5-7-11)17-14(22)12-8-13(21)18-15-16-9(2)19-20(12)15/h4-7,12H,3,8H2,1-2H3,(H,17,22)(H,16,18,19,21). The molecule has 3 rings (SSSR count). The maximum absolute atomic E-state index is 12.5. The van der Waals surface area contributed by atoms with Gasteiger partial charge in [-0.05, 0) is 38.1 Å². The van der Waals surface area contributed by atoms with Gasteiger partial charge >= 0.3 is 0 Å².